The van der Waals surface area contributed by atoms with Crippen LogP contribution in [0.2, 0.25) is 0 Å². The van der Waals surface area contributed by atoms with Crippen molar-refractivity contribution in [1.29, 1.82) is 0 Å². The van der Waals surface area contributed by atoms with Gasteiger partial charge in [-0.2, -0.15) is 0 Å². The second-order valence-corrected chi connectivity index (χ2v) is 7.28. The van der Waals surface area contributed by atoms with E-state index in [1.807, 2.05) is 55.8 Å². The molecule has 4 nitrogen and oxygen atoms in total. The maximum absolute atomic E-state index is 12.3. The fourth-order valence-corrected chi connectivity index (χ4v) is 3.45. The summed E-state index contributed by atoms with van der Waals surface area (Å²) in [6.07, 6.45) is 2.00. The number of benzene rings is 2. The molecule has 1 amide bonds. The van der Waals surface area contributed by atoms with E-state index in [2.05, 4.69) is 21.2 Å². The Balaban J connectivity index is 1.98. The van der Waals surface area contributed by atoms with Crippen molar-refractivity contribution in [2.24, 2.45) is 0 Å². The second kappa shape index (κ2) is 9.11. The van der Waals surface area contributed by atoms with Crippen molar-refractivity contribution in [2.75, 3.05) is 32.3 Å². The van der Waals surface area contributed by atoms with Crippen LogP contribution in [0.1, 0.15) is 5.56 Å². The van der Waals surface area contributed by atoms with Crippen LogP contribution in [-0.4, -0.2) is 32.9 Å². The standard InChI is InChI=1S/C18H21BrN2O2S/c1-21(11-13-10-14(19)8-9-16(13)23-2)12-18(22)20-15-6-4-5-7-17(15)24-3/h4-10H,11-12H2,1-3H3,(H,20,22)/p+1. The molecule has 0 saturated carbocycles. The van der Waals surface area contributed by atoms with Gasteiger partial charge in [-0.15, -0.1) is 11.8 Å². The van der Waals surface area contributed by atoms with Gasteiger partial charge in [0.1, 0.15) is 12.3 Å². The maximum Gasteiger partial charge on any atom is 0.279 e. The van der Waals surface area contributed by atoms with Crippen LogP contribution in [0.4, 0.5) is 5.69 Å². The Morgan fingerprint density at radius 1 is 1.29 bits per heavy atom. The topological polar surface area (TPSA) is 42.8 Å². The number of thioether (sulfide) groups is 1. The lowest BCUT2D eigenvalue weighted by molar-refractivity contribution is -0.885. The van der Waals surface area contributed by atoms with Crippen LogP contribution < -0.4 is 15.0 Å². The molecule has 24 heavy (non-hydrogen) atoms. The lowest BCUT2D eigenvalue weighted by Crippen LogP contribution is -3.08. The number of hydrogen-bond donors (Lipinski definition) is 2. The van der Waals surface area contributed by atoms with Gasteiger partial charge >= 0.3 is 0 Å². The van der Waals surface area contributed by atoms with E-state index in [1.165, 1.54) is 0 Å². The number of halogens is 1. The van der Waals surface area contributed by atoms with Gasteiger partial charge in [0.15, 0.2) is 6.54 Å². The molecular formula is C18H22BrN2O2S+. The fourth-order valence-electron chi connectivity index (χ4n) is 2.49. The molecule has 128 valence electrons. The van der Waals surface area contributed by atoms with Crippen molar-refractivity contribution in [3.05, 3.63) is 52.5 Å². The molecule has 0 bridgehead atoms. The van der Waals surface area contributed by atoms with Crippen molar-refractivity contribution in [3.63, 3.8) is 0 Å². The third-order valence-corrected chi connectivity index (χ3v) is 4.87. The van der Waals surface area contributed by atoms with Crippen molar-refractivity contribution in [2.45, 2.75) is 11.4 Å². The summed E-state index contributed by atoms with van der Waals surface area (Å²) < 4.78 is 6.40. The summed E-state index contributed by atoms with van der Waals surface area (Å²) in [6.45, 7) is 1.10. The highest BCUT2D eigenvalue weighted by molar-refractivity contribution is 9.10. The number of para-hydroxylation sites is 1. The van der Waals surface area contributed by atoms with E-state index in [4.69, 9.17) is 4.74 Å². The van der Waals surface area contributed by atoms with E-state index >= 15 is 0 Å². The van der Waals surface area contributed by atoms with Crippen LogP contribution in [0.15, 0.2) is 51.8 Å². The number of rotatable bonds is 7. The number of ether oxygens (including phenoxy) is 1. The minimum atomic E-state index is 0.00274. The van der Waals surface area contributed by atoms with E-state index in [0.717, 1.165) is 31.3 Å². The summed E-state index contributed by atoms with van der Waals surface area (Å²) in [5.41, 5.74) is 1.93. The number of methoxy groups -OCH3 is 1. The molecule has 0 spiro atoms. The highest BCUT2D eigenvalue weighted by atomic mass is 79.9. The van der Waals surface area contributed by atoms with Gasteiger partial charge in [0.05, 0.1) is 19.8 Å². The number of carbonyl (C=O) groups is 1. The molecule has 6 heteroatoms. The molecule has 2 aromatic rings. The predicted molar refractivity (Wildman–Crippen MR) is 103 cm³/mol. The quantitative estimate of drug-likeness (QED) is 0.690. The Kier molecular flexibility index (Phi) is 7.15. The van der Waals surface area contributed by atoms with E-state index < -0.39 is 0 Å². The summed E-state index contributed by atoms with van der Waals surface area (Å²) in [5.74, 6) is 0.841. The summed E-state index contributed by atoms with van der Waals surface area (Å²) in [7, 11) is 3.66. The molecule has 0 aliphatic carbocycles. The number of hydrogen-bond acceptors (Lipinski definition) is 3. The average Bonchev–Trinajstić information content (AvgIpc) is 2.55. The number of nitrogens with one attached hydrogen (secondary N) is 2. The summed E-state index contributed by atoms with van der Waals surface area (Å²) >= 11 is 5.10. The summed E-state index contributed by atoms with van der Waals surface area (Å²) in [4.78, 5) is 14.5. The van der Waals surface area contributed by atoms with Crippen molar-refractivity contribution < 1.29 is 14.4 Å². The molecule has 0 aliphatic heterocycles. The van der Waals surface area contributed by atoms with Gasteiger partial charge in [0.2, 0.25) is 0 Å². The van der Waals surface area contributed by atoms with Crippen molar-refractivity contribution >= 4 is 39.3 Å². The lowest BCUT2D eigenvalue weighted by atomic mass is 10.2. The minimum absolute atomic E-state index is 0.00274. The molecule has 0 fully saturated rings. The molecule has 2 rings (SSSR count). The van der Waals surface area contributed by atoms with Crippen LogP contribution in [0.25, 0.3) is 0 Å². The number of carbonyl (C=O) groups excluding carboxylic acids is 1. The average molecular weight is 410 g/mol. The highest BCUT2D eigenvalue weighted by Gasteiger charge is 2.14. The van der Waals surface area contributed by atoms with Gasteiger partial charge in [-0.25, -0.2) is 0 Å². The van der Waals surface area contributed by atoms with Crippen LogP contribution in [-0.2, 0) is 11.3 Å². The van der Waals surface area contributed by atoms with Gasteiger partial charge < -0.3 is 15.0 Å². The molecule has 2 aromatic carbocycles. The van der Waals surface area contributed by atoms with Crippen molar-refractivity contribution in [1.82, 2.24) is 0 Å². The first kappa shape index (κ1) is 18.8. The first-order valence-electron chi connectivity index (χ1n) is 7.60. The van der Waals surface area contributed by atoms with E-state index in [-0.39, 0.29) is 5.91 Å². The normalized spacial score (nSPS) is 11.8. The van der Waals surface area contributed by atoms with Gasteiger partial charge in [0, 0.05) is 14.9 Å². The smallest absolute Gasteiger partial charge is 0.279 e. The Hall–Kier alpha value is -1.50. The molecule has 0 aromatic heterocycles. The Labute approximate surface area is 155 Å². The number of likely N-dealkylation sites (N-methyl/N-ethyl adjacent to an activating group) is 1. The molecule has 1 unspecified atom stereocenters. The largest absolute Gasteiger partial charge is 0.496 e. The Morgan fingerprint density at radius 3 is 2.75 bits per heavy atom. The lowest BCUT2D eigenvalue weighted by Gasteiger charge is -2.16. The SMILES string of the molecule is COc1ccc(Br)cc1C[NH+](C)CC(=O)Nc1ccccc1SC. The molecular weight excluding hydrogens is 388 g/mol. The third-order valence-electron chi connectivity index (χ3n) is 3.58. The monoisotopic (exact) mass is 409 g/mol. The molecule has 0 aliphatic rings. The number of quaternary nitrogens is 1. The van der Waals surface area contributed by atoms with Gasteiger partial charge in [-0.05, 0) is 36.6 Å². The van der Waals surface area contributed by atoms with Crippen LogP contribution >= 0.6 is 27.7 Å². The third kappa shape index (κ3) is 5.26. The minimum Gasteiger partial charge on any atom is -0.496 e. The molecule has 0 saturated heterocycles. The molecule has 0 radical (unpaired) electrons. The predicted octanol–water partition coefficient (Wildman–Crippen LogP) is 2.83. The van der Waals surface area contributed by atoms with Crippen LogP contribution in [0.5, 0.6) is 5.75 Å². The highest BCUT2D eigenvalue weighted by Crippen LogP contribution is 2.24. The van der Waals surface area contributed by atoms with E-state index in [1.54, 1.807) is 18.9 Å². The second-order valence-electron chi connectivity index (χ2n) is 5.52. The van der Waals surface area contributed by atoms with Gasteiger partial charge in [0.25, 0.3) is 5.91 Å². The van der Waals surface area contributed by atoms with Gasteiger partial charge in [-0.3, -0.25) is 4.79 Å². The zero-order chi connectivity index (χ0) is 17.5. The number of anilines is 1. The maximum atomic E-state index is 12.3. The summed E-state index contributed by atoms with van der Waals surface area (Å²) in [6, 6.07) is 13.7. The van der Waals surface area contributed by atoms with E-state index in [0.29, 0.717) is 13.1 Å². The fraction of sp³-hybridized carbons (Fsp3) is 0.278. The molecule has 1 atom stereocenters. The zero-order valence-electron chi connectivity index (χ0n) is 14.1. The van der Waals surface area contributed by atoms with Crippen molar-refractivity contribution in [3.8, 4) is 5.75 Å². The van der Waals surface area contributed by atoms with E-state index in [9.17, 15) is 4.79 Å². The zero-order valence-corrected chi connectivity index (χ0v) is 16.5. The Bertz CT molecular complexity index is 709. The first-order chi connectivity index (χ1) is 11.5. The molecule has 2 N–H and O–H groups in total. The number of amides is 1. The summed E-state index contributed by atoms with van der Waals surface area (Å²) in [5, 5.41) is 3.00. The Morgan fingerprint density at radius 2 is 2.04 bits per heavy atom. The van der Waals surface area contributed by atoms with Gasteiger partial charge in [-0.1, -0.05) is 28.1 Å². The van der Waals surface area contributed by atoms with Crippen LogP contribution in [0.3, 0.4) is 0 Å². The van der Waals surface area contributed by atoms with Crippen LogP contribution in [0, 0.1) is 0 Å². The first-order valence-corrected chi connectivity index (χ1v) is 9.62. The molecule has 0 heterocycles.